The van der Waals surface area contributed by atoms with Gasteiger partial charge in [-0.3, -0.25) is 9.59 Å². The maximum atomic E-state index is 13.1. The lowest BCUT2D eigenvalue weighted by Gasteiger charge is -2.31. The fraction of sp³-hybridized carbons (Fsp3) is 0.391. The monoisotopic (exact) mass is 450 g/mol. The number of benzene rings is 2. The lowest BCUT2D eigenvalue weighted by Crippen LogP contribution is -2.43. The van der Waals surface area contributed by atoms with Gasteiger partial charge >= 0.3 is 6.18 Å². The predicted molar refractivity (Wildman–Crippen MR) is 112 cm³/mol. The molecule has 0 aliphatic carbocycles. The summed E-state index contributed by atoms with van der Waals surface area (Å²) in [6, 6.07) is 12.0. The summed E-state index contributed by atoms with van der Waals surface area (Å²) < 4.78 is 50.0. The number of carbonyl (C=O) groups excluding carboxylic acids is 2. The van der Waals surface area contributed by atoms with Crippen molar-refractivity contribution in [3.05, 3.63) is 54.1 Å². The standard InChI is InChI=1S/C23H25F3N2O4/c1-2-31-20-9-8-17(23(24,25)26)14-19(20)27-22(30)16-10-12-28(13-11-16)21(29)15-32-18-6-4-3-5-7-18/h3-9,14,16H,2,10-13,15H2,1H3,(H,27,30). The molecule has 0 spiro atoms. The second kappa shape index (κ2) is 10.4. The highest BCUT2D eigenvalue weighted by molar-refractivity contribution is 5.94. The first-order chi connectivity index (χ1) is 15.3. The number of ether oxygens (including phenoxy) is 2. The van der Waals surface area contributed by atoms with E-state index in [1.807, 2.05) is 18.2 Å². The Labute approximate surface area is 184 Å². The normalized spacial score (nSPS) is 14.7. The maximum Gasteiger partial charge on any atom is 0.416 e. The van der Waals surface area contributed by atoms with Gasteiger partial charge < -0.3 is 19.7 Å². The number of para-hydroxylation sites is 1. The number of carbonyl (C=O) groups is 2. The molecule has 2 amide bonds. The highest BCUT2D eigenvalue weighted by Crippen LogP contribution is 2.35. The molecule has 0 unspecified atom stereocenters. The summed E-state index contributed by atoms with van der Waals surface area (Å²) in [5.74, 6) is -0.207. The van der Waals surface area contributed by atoms with Crippen molar-refractivity contribution in [2.75, 3.05) is 31.6 Å². The van der Waals surface area contributed by atoms with E-state index in [0.29, 0.717) is 31.7 Å². The second-order valence-electron chi connectivity index (χ2n) is 7.39. The van der Waals surface area contributed by atoms with E-state index in [2.05, 4.69) is 5.32 Å². The van der Waals surface area contributed by atoms with Crippen LogP contribution in [0.15, 0.2) is 48.5 Å². The topological polar surface area (TPSA) is 67.9 Å². The Hall–Kier alpha value is -3.23. The molecular formula is C23H25F3N2O4. The molecule has 0 saturated carbocycles. The fourth-order valence-corrected chi connectivity index (χ4v) is 3.46. The van der Waals surface area contributed by atoms with Crippen LogP contribution in [0.4, 0.5) is 18.9 Å². The summed E-state index contributed by atoms with van der Waals surface area (Å²) in [6.07, 6.45) is -3.71. The molecule has 1 aliphatic rings. The number of halogens is 3. The van der Waals surface area contributed by atoms with Crippen LogP contribution in [0.5, 0.6) is 11.5 Å². The zero-order valence-electron chi connectivity index (χ0n) is 17.7. The van der Waals surface area contributed by atoms with Gasteiger partial charge in [-0.25, -0.2) is 0 Å². The molecule has 0 aromatic heterocycles. The van der Waals surface area contributed by atoms with Crippen LogP contribution < -0.4 is 14.8 Å². The van der Waals surface area contributed by atoms with E-state index in [0.717, 1.165) is 12.1 Å². The van der Waals surface area contributed by atoms with Crippen LogP contribution in [0.25, 0.3) is 0 Å². The van der Waals surface area contributed by atoms with Crippen LogP contribution in [-0.4, -0.2) is 43.0 Å². The van der Waals surface area contributed by atoms with Crippen LogP contribution in [0.3, 0.4) is 0 Å². The van der Waals surface area contributed by atoms with Crippen molar-refractivity contribution in [2.24, 2.45) is 5.92 Å². The van der Waals surface area contributed by atoms with Gasteiger partial charge in [-0.2, -0.15) is 13.2 Å². The molecule has 2 aromatic rings. The number of nitrogens with zero attached hydrogens (tertiary/aromatic N) is 1. The Morgan fingerprint density at radius 1 is 1.06 bits per heavy atom. The minimum absolute atomic E-state index is 0.0126. The predicted octanol–water partition coefficient (Wildman–Crippen LogP) is 4.36. The summed E-state index contributed by atoms with van der Waals surface area (Å²) in [5.41, 5.74) is -0.878. The van der Waals surface area contributed by atoms with Crippen molar-refractivity contribution in [1.82, 2.24) is 4.90 Å². The summed E-state index contributed by atoms with van der Waals surface area (Å²) in [7, 11) is 0. The van der Waals surface area contributed by atoms with Crippen LogP contribution in [0, 0.1) is 5.92 Å². The largest absolute Gasteiger partial charge is 0.492 e. The van der Waals surface area contributed by atoms with Crippen molar-refractivity contribution in [3.63, 3.8) is 0 Å². The third-order valence-corrected chi connectivity index (χ3v) is 5.19. The number of amides is 2. The van der Waals surface area contributed by atoms with E-state index in [-0.39, 0.29) is 30.6 Å². The minimum atomic E-state index is -4.53. The molecule has 2 aromatic carbocycles. The van der Waals surface area contributed by atoms with Gasteiger partial charge in [-0.1, -0.05) is 18.2 Å². The lowest BCUT2D eigenvalue weighted by molar-refractivity contribution is -0.137. The average Bonchev–Trinajstić information content (AvgIpc) is 2.79. The number of nitrogens with one attached hydrogen (secondary N) is 1. The van der Waals surface area contributed by atoms with E-state index < -0.39 is 23.6 Å². The Kier molecular flexibility index (Phi) is 7.61. The molecule has 1 saturated heterocycles. The highest BCUT2D eigenvalue weighted by atomic mass is 19.4. The number of likely N-dealkylation sites (tertiary alicyclic amines) is 1. The SMILES string of the molecule is CCOc1ccc(C(F)(F)F)cc1NC(=O)C1CCN(C(=O)COc2ccccc2)CC1. The lowest BCUT2D eigenvalue weighted by atomic mass is 9.95. The third kappa shape index (κ3) is 6.15. The zero-order chi connectivity index (χ0) is 23.1. The van der Waals surface area contributed by atoms with Gasteiger partial charge in [0.05, 0.1) is 17.9 Å². The molecule has 172 valence electrons. The van der Waals surface area contributed by atoms with E-state index in [9.17, 15) is 22.8 Å². The Morgan fingerprint density at radius 2 is 1.75 bits per heavy atom. The smallest absolute Gasteiger partial charge is 0.416 e. The average molecular weight is 450 g/mol. The van der Waals surface area contributed by atoms with Gasteiger partial charge in [-0.05, 0) is 50.1 Å². The molecule has 3 rings (SSSR count). The molecule has 1 fully saturated rings. The number of anilines is 1. The molecule has 0 radical (unpaired) electrons. The number of piperidine rings is 1. The van der Waals surface area contributed by atoms with E-state index in [1.165, 1.54) is 6.07 Å². The molecule has 0 atom stereocenters. The molecular weight excluding hydrogens is 425 g/mol. The molecule has 1 N–H and O–H groups in total. The van der Waals surface area contributed by atoms with Crippen LogP contribution >= 0.6 is 0 Å². The second-order valence-corrected chi connectivity index (χ2v) is 7.39. The van der Waals surface area contributed by atoms with Gasteiger partial charge in [0.15, 0.2) is 6.61 Å². The molecule has 1 heterocycles. The quantitative estimate of drug-likeness (QED) is 0.681. The first-order valence-corrected chi connectivity index (χ1v) is 10.4. The van der Waals surface area contributed by atoms with Crippen molar-refractivity contribution >= 4 is 17.5 Å². The van der Waals surface area contributed by atoms with Crippen molar-refractivity contribution < 1.29 is 32.2 Å². The summed E-state index contributed by atoms with van der Waals surface area (Å²) in [4.78, 5) is 26.7. The van der Waals surface area contributed by atoms with Crippen LogP contribution in [0.1, 0.15) is 25.3 Å². The molecule has 32 heavy (non-hydrogen) atoms. The molecule has 1 aliphatic heterocycles. The minimum Gasteiger partial charge on any atom is -0.492 e. The van der Waals surface area contributed by atoms with Crippen molar-refractivity contribution in [3.8, 4) is 11.5 Å². The molecule has 0 bridgehead atoms. The van der Waals surface area contributed by atoms with Crippen molar-refractivity contribution in [2.45, 2.75) is 25.9 Å². The fourth-order valence-electron chi connectivity index (χ4n) is 3.46. The van der Waals surface area contributed by atoms with Gasteiger partial charge in [0.2, 0.25) is 5.91 Å². The van der Waals surface area contributed by atoms with Crippen LogP contribution in [-0.2, 0) is 15.8 Å². The van der Waals surface area contributed by atoms with Gasteiger partial charge in [0, 0.05) is 19.0 Å². The third-order valence-electron chi connectivity index (χ3n) is 5.19. The van der Waals surface area contributed by atoms with E-state index in [1.54, 1.807) is 24.0 Å². The van der Waals surface area contributed by atoms with Gasteiger partial charge in [0.25, 0.3) is 5.91 Å². The maximum absolute atomic E-state index is 13.1. The number of alkyl halides is 3. The first kappa shape index (κ1) is 23.4. The Morgan fingerprint density at radius 3 is 2.38 bits per heavy atom. The number of hydrogen-bond donors (Lipinski definition) is 1. The molecule has 6 nitrogen and oxygen atoms in total. The zero-order valence-corrected chi connectivity index (χ0v) is 17.7. The first-order valence-electron chi connectivity index (χ1n) is 10.4. The van der Waals surface area contributed by atoms with E-state index in [4.69, 9.17) is 9.47 Å². The summed E-state index contributed by atoms with van der Waals surface area (Å²) in [6.45, 7) is 2.60. The van der Waals surface area contributed by atoms with E-state index >= 15 is 0 Å². The number of hydrogen-bond acceptors (Lipinski definition) is 4. The molecule has 9 heteroatoms. The highest BCUT2D eigenvalue weighted by Gasteiger charge is 2.32. The van der Waals surface area contributed by atoms with Crippen molar-refractivity contribution in [1.29, 1.82) is 0 Å². The summed E-state index contributed by atoms with van der Waals surface area (Å²) in [5, 5.41) is 2.58. The van der Waals surface area contributed by atoms with Crippen LogP contribution in [0.2, 0.25) is 0 Å². The van der Waals surface area contributed by atoms with Gasteiger partial charge in [0.1, 0.15) is 11.5 Å². The Bertz CT molecular complexity index is 927. The summed E-state index contributed by atoms with van der Waals surface area (Å²) >= 11 is 0. The number of rotatable bonds is 7. The Balaban J connectivity index is 1.55. The van der Waals surface area contributed by atoms with Gasteiger partial charge in [-0.15, -0.1) is 0 Å².